The van der Waals surface area contributed by atoms with Gasteiger partial charge >= 0.3 is 12.1 Å². The molecular formula is C13H17F3N2O2S. The van der Waals surface area contributed by atoms with Crippen LogP contribution in [0.3, 0.4) is 0 Å². The number of carboxylic acids is 1. The molecular weight excluding hydrogens is 305 g/mol. The van der Waals surface area contributed by atoms with Crippen molar-refractivity contribution in [2.45, 2.75) is 42.9 Å². The zero-order valence-corrected chi connectivity index (χ0v) is 12.3. The fourth-order valence-electron chi connectivity index (χ4n) is 1.51. The van der Waals surface area contributed by atoms with Gasteiger partial charge in [-0.2, -0.15) is 13.2 Å². The SMILES string of the molecule is CC(N)(CCCCSc1ccc(C(F)(F)F)cn1)C(=O)O. The average molecular weight is 322 g/mol. The summed E-state index contributed by atoms with van der Waals surface area (Å²) in [6.07, 6.45) is -1.87. The number of hydrogen-bond acceptors (Lipinski definition) is 4. The molecule has 3 N–H and O–H groups in total. The molecule has 0 bridgehead atoms. The quantitative estimate of drug-likeness (QED) is 0.596. The second-order valence-corrected chi connectivity index (χ2v) is 6.03. The number of rotatable bonds is 7. The molecule has 1 unspecified atom stereocenters. The Morgan fingerprint density at radius 3 is 2.52 bits per heavy atom. The first kappa shape index (κ1) is 17.8. The third kappa shape index (κ3) is 5.92. The van der Waals surface area contributed by atoms with Crippen molar-refractivity contribution in [1.82, 2.24) is 4.98 Å². The van der Waals surface area contributed by atoms with E-state index in [1.165, 1.54) is 24.8 Å². The van der Waals surface area contributed by atoms with Crippen LogP contribution in [0.4, 0.5) is 13.2 Å². The van der Waals surface area contributed by atoms with Crippen LogP contribution in [-0.2, 0) is 11.0 Å². The van der Waals surface area contributed by atoms with Crippen LogP contribution in [0.2, 0.25) is 0 Å². The fourth-order valence-corrected chi connectivity index (χ4v) is 2.36. The molecule has 0 aliphatic rings. The van der Waals surface area contributed by atoms with Crippen molar-refractivity contribution >= 4 is 17.7 Å². The summed E-state index contributed by atoms with van der Waals surface area (Å²) in [6, 6.07) is 2.33. The normalized spacial score (nSPS) is 14.7. The molecule has 0 saturated carbocycles. The summed E-state index contributed by atoms with van der Waals surface area (Å²) >= 11 is 1.33. The Hall–Kier alpha value is -1.28. The standard InChI is InChI=1S/C13H17F3N2O2S/c1-12(17,11(19)20)6-2-3-7-21-10-5-4-9(8-18-10)13(14,15)16/h4-5,8H,2-3,6-7,17H2,1H3,(H,19,20). The number of alkyl halides is 3. The maximum Gasteiger partial charge on any atom is 0.417 e. The van der Waals surface area contributed by atoms with Gasteiger partial charge in [0.25, 0.3) is 0 Å². The predicted molar refractivity (Wildman–Crippen MR) is 74.0 cm³/mol. The van der Waals surface area contributed by atoms with Crippen molar-refractivity contribution in [3.8, 4) is 0 Å². The van der Waals surface area contributed by atoms with E-state index < -0.39 is 23.2 Å². The van der Waals surface area contributed by atoms with Crippen LogP contribution >= 0.6 is 11.8 Å². The largest absolute Gasteiger partial charge is 0.480 e. The number of aromatic nitrogens is 1. The molecule has 0 aliphatic heterocycles. The van der Waals surface area contributed by atoms with E-state index in [9.17, 15) is 18.0 Å². The molecule has 8 heteroatoms. The van der Waals surface area contributed by atoms with Crippen LogP contribution < -0.4 is 5.73 Å². The number of unbranched alkanes of at least 4 members (excludes halogenated alkanes) is 1. The lowest BCUT2D eigenvalue weighted by Gasteiger charge is -2.18. The highest BCUT2D eigenvalue weighted by Gasteiger charge is 2.30. The van der Waals surface area contributed by atoms with Gasteiger partial charge in [0.15, 0.2) is 0 Å². The summed E-state index contributed by atoms with van der Waals surface area (Å²) in [6.45, 7) is 1.46. The Balaban J connectivity index is 2.32. The van der Waals surface area contributed by atoms with Gasteiger partial charge in [-0.3, -0.25) is 4.79 Å². The predicted octanol–water partition coefficient (Wildman–Crippen LogP) is 3.16. The Morgan fingerprint density at radius 1 is 1.38 bits per heavy atom. The van der Waals surface area contributed by atoms with E-state index in [0.717, 1.165) is 12.3 Å². The molecule has 0 spiro atoms. The van der Waals surface area contributed by atoms with Crippen molar-refractivity contribution in [1.29, 1.82) is 0 Å². The Kier molecular flexibility index (Phi) is 6.03. The van der Waals surface area contributed by atoms with Gasteiger partial charge in [-0.25, -0.2) is 4.98 Å². The molecule has 1 aromatic rings. The van der Waals surface area contributed by atoms with Crippen LogP contribution in [0, 0.1) is 0 Å². The highest BCUT2D eigenvalue weighted by atomic mass is 32.2. The van der Waals surface area contributed by atoms with Gasteiger partial charge in [0, 0.05) is 6.20 Å². The van der Waals surface area contributed by atoms with Gasteiger partial charge in [-0.15, -0.1) is 11.8 Å². The minimum absolute atomic E-state index is 0.351. The monoisotopic (exact) mass is 322 g/mol. The Morgan fingerprint density at radius 2 is 2.05 bits per heavy atom. The van der Waals surface area contributed by atoms with E-state index in [-0.39, 0.29) is 0 Å². The summed E-state index contributed by atoms with van der Waals surface area (Å²) in [5.41, 5.74) is 3.58. The number of pyridine rings is 1. The maximum atomic E-state index is 12.3. The molecule has 21 heavy (non-hydrogen) atoms. The molecule has 4 nitrogen and oxygen atoms in total. The van der Waals surface area contributed by atoms with Crippen LogP contribution in [-0.4, -0.2) is 27.4 Å². The number of carboxylic acid groups (broad SMARTS) is 1. The van der Waals surface area contributed by atoms with E-state index in [1.54, 1.807) is 0 Å². The molecule has 0 aliphatic carbocycles. The first-order chi connectivity index (χ1) is 9.63. The minimum atomic E-state index is -4.38. The fraction of sp³-hybridized carbons (Fsp3) is 0.538. The van der Waals surface area contributed by atoms with Crippen molar-refractivity contribution in [3.05, 3.63) is 23.9 Å². The van der Waals surface area contributed by atoms with E-state index in [4.69, 9.17) is 10.8 Å². The van der Waals surface area contributed by atoms with Crippen molar-refractivity contribution < 1.29 is 23.1 Å². The first-order valence-electron chi connectivity index (χ1n) is 6.31. The topological polar surface area (TPSA) is 76.2 Å². The smallest absolute Gasteiger partial charge is 0.417 e. The summed E-state index contributed by atoms with van der Waals surface area (Å²) < 4.78 is 37.0. The second-order valence-electron chi connectivity index (χ2n) is 4.91. The molecule has 0 radical (unpaired) electrons. The lowest BCUT2D eigenvalue weighted by atomic mass is 9.97. The molecule has 0 fully saturated rings. The van der Waals surface area contributed by atoms with Gasteiger partial charge in [0.05, 0.1) is 10.6 Å². The van der Waals surface area contributed by atoms with Gasteiger partial charge in [0.2, 0.25) is 0 Å². The number of nitrogens with two attached hydrogens (primary N) is 1. The van der Waals surface area contributed by atoms with Crippen LogP contribution in [0.1, 0.15) is 31.7 Å². The molecule has 1 atom stereocenters. The minimum Gasteiger partial charge on any atom is -0.480 e. The molecule has 0 amide bonds. The van der Waals surface area contributed by atoms with Crippen molar-refractivity contribution in [3.63, 3.8) is 0 Å². The van der Waals surface area contributed by atoms with E-state index in [0.29, 0.717) is 30.0 Å². The zero-order chi connectivity index (χ0) is 16.1. The number of aliphatic carboxylic acids is 1. The molecule has 1 heterocycles. The van der Waals surface area contributed by atoms with E-state index in [1.807, 2.05) is 0 Å². The number of thioether (sulfide) groups is 1. The third-order valence-corrected chi connectivity index (χ3v) is 3.92. The maximum absolute atomic E-state index is 12.3. The summed E-state index contributed by atoms with van der Waals surface area (Å²) in [5, 5.41) is 9.35. The number of hydrogen-bond donors (Lipinski definition) is 2. The molecule has 1 rings (SSSR count). The Labute approximate surface area is 124 Å². The van der Waals surface area contributed by atoms with Gasteiger partial charge in [0.1, 0.15) is 5.54 Å². The first-order valence-corrected chi connectivity index (χ1v) is 7.30. The van der Waals surface area contributed by atoms with Crippen molar-refractivity contribution in [2.75, 3.05) is 5.75 Å². The van der Waals surface area contributed by atoms with E-state index in [2.05, 4.69) is 4.98 Å². The van der Waals surface area contributed by atoms with Crippen LogP contribution in [0.15, 0.2) is 23.4 Å². The lowest BCUT2D eigenvalue weighted by molar-refractivity contribution is -0.143. The van der Waals surface area contributed by atoms with Crippen molar-refractivity contribution in [2.24, 2.45) is 5.73 Å². The second kappa shape index (κ2) is 7.13. The number of carbonyl (C=O) groups is 1. The lowest BCUT2D eigenvalue weighted by Crippen LogP contribution is -2.44. The van der Waals surface area contributed by atoms with Gasteiger partial charge in [-0.1, -0.05) is 6.42 Å². The highest BCUT2D eigenvalue weighted by molar-refractivity contribution is 7.99. The number of halogens is 3. The number of nitrogens with zero attached hydrogens (tertiary/aromatic N) is 1. The van der Waals surface area contributed by atoms with Gasteiger partial charge < -0.3 is 10.8 Å². The molecule has 118 valence electrons. The summed E-state index contributed by atoms with van der Waals surface area (Å²) in [4.78, 5) is 14.5. The molecule has 1 aromatic heterocycles. The van der Waals surface area contributed by atoms with Crippen LogP contribution in [0.5, 0.6) is 0 Å². The van der Waals surface area contributed by atoms with Crippen LogP contribution in [0.25, 0.3) is 0 Å². The summed E-state index contributed by atoms with van der Waals surface area (Å²) in [5.74, 6) is -0.395. The summed E-state index contributed by atoms with van der Waals surface area (Å²) in [7, 11) is 0. The average Bonchev–Trinajstić information content (AvgIpc) is 2.37. The Bertz CT molecular complexity index is 475. The molecule has 0 aromatic carbocycles. The highest BCUT2D eigenvalue weighted by Crippen LogP contribution is 2.29. The third-order valence-electron chi connectivity index (χ3n) is 2.89. The van der Waals surface area contributed by atoms with Gasteiger partial charge in [-0.05, 0) is 37.7 Å². The van der Waals surface area contributed by atoms with E-state index >= 15 is 0 Å². The molecule has 0 saturated heterocycles. The zero-order valence-electron chi connectivity index (χ0n) is 11.5.